The molecule has 7 nitrogen and oxygen atoms in total. The quantitative estimate of drug-likeness (QED) is 0.710. The van der Waals surface area contributed by atoms with E-state index in [9.17, 15) is 9.59 Å². The molecule has 5 fully saturated rings. The third-order valence-electron chi connectivity index (χ3n) is 8.60. The topological polar surface area (TPSA) is 79.3 Å². The number of nitrogens with one attached hydrogen (secondary N) is 2. The molecule has 4 bridgehead atoms. The minimum Gasteiger partial charge on any atom is -0.333 e. The highest BCUT2D eigenvalue weighted by Gasteiger charge is 2.51. The summed E-state index contributed by atoms with van der Waals surface area (Å²) in [5.74, 6) is 2.38. The predicted octanol–water partition coefficient (Wildman–Crippen LogP) is 3.26. The molecule has 1 aliphatic heterocycles. The van der Waals surface area contributed by atoms with Crippen molar-refractivity contribution in [2.24, 2.45) is 17.8 Å². The van der Waals surface area contributed by atoms with Crippen LogP contribution in [0.2, 0.25) is 0 Å². The van der Waals surface area contributed by atoms with Crippen LogP contribution in [0.5, 0.6) is 0 Å². The van der Waals surface area contributed by atoms with Crippen molar-refractivity contribution in [3.05, 3.63) is 40.3 Å². The van der Waals surface area contributed by atoms with Crippen LogP contribution in [-0.4, -0.2) is 45.9 Å². The Kier molecular flexibility index (Phi) is 5.40. The van der Waals surface area contributed by atoms with Gasteiger partial charge in [0.1, 0.15) is 0 Å². The van der Waals surface area contributed by atoms with Gasteiger partial charge in [-0.1, -0.05) is 18.2 Å². The molecule has 2 N–H and O–H groups in total. The van der Waals surface area contributed by atoms with Crippen LogP contribution in [0, 0.1) is 17.8 Å². The third-order valence-corrected chi connectivity index (χ3v) is 8.60. The van der Waals surface area contributed by atoms with Gasteiger partial charge in [-0.2, -0.15) is 5.10 Å². The van der Waals surface area contributed by atoms with E-state index in [0.29, 0.717) is 18.5 Å². The van der Waals surface area contributed by atoms with Gasteiger partial charge in [0.25, 0.3) is 5.56 Å². The van der Waals surface area contributed by atoms with Gasteiger partial charge in [0.2, 0.25) is 0 Å². The van der Waals surface area contributed by atoms with E-state index in [2.05, 4.69) is 15.5 Å². The molecule has 0 radical (unpaired) electrons. The Morgan fingerprint density at radius 1 is 0.970 bits per heavy atom. The Bertz CT molecular complexity index is 1070. The average molecular weight is 450 g/mol. The number of urea groups is 1. The van der Waals surface area contributed by atoms with Gasteiger partial charge in [-0.25, -0.2) is 9.48 Å². The fraction of sp³-hybridized carbons (Fsp3) is 0.654. The molecule has 1 saturated heterocycles. The Hall–Kier alpha value is -2.41. The zero-order chi connectivity index (χ0) is 22.4. The number of nitrogens with zero attached hydrogens (tertiary/aromatic N) is 3. The number of aromatic nitrogens is 2. The lowest BCUT2D eigenvalue weighted by Gasteiger charge is -2.56. The standard InChI is InChI=1S/C26H35N5O2/c32-24-22-6-2-1-5-21(22)23(29-31(24)10-9-30-7-3-4-8-30)17-27-25(33)28-26-14-18-11-19(15-26)13-20(12-18)16-26/h1-2,5-6,18-20H,3-4,7-17H2,(H2,27,28,33). The first kappa shape index (κ1) is 21.1. The lowest BCUT2D eigenvalue weighted by molar-refractivity contribution is -0.0135. The number of likely N-dealkylation sites (tertiary alicyclic amines) is 1. The highest BCUT2D eigenvalue weighted by Crippen LogP contribution is 2.55. The summed E-state index contributed by atoms with van der Waals surface area (Å²) >= 11 is 0. The van der Waals surface area contributed by atoms with Gasteiger partial charge >= 0.3 is 6.03 Å². The molecule has 4 saturated carbocycles. The van der Waals surface area contributed by atoms with E-state index < -0.39 is 0 Å². The van der Waals surface area contributed by atoms with E-state index in [1.807, 2.05) is 24.3 Å². The molecular formula is C26H35N5O2. The number of hydrogen-bond donors (Lipinski definition) is 2. The zero-order valence-corrected chi connectivity index (χ0v) is 19.4. The summed E-state index contributed by atoms with van der Waals surface area (Å²) in [5, 5.41) is 12.6. The van der Waals surface area contributed by atoms with Crippen LogP contribution in [-0.2, 0) is 13.1 Å². The van der Waals surface area contributed by atoms with Crippen molar-refractivity contribution in [2.75, 3.05) is 19.6 Å². The molecule has 2 amide bonds. The van der Waals surface area contributed by atoms with E-state index in [1.165, 1.54) is 32.1 Å². The molecule has 0 atom stereocenters. The van der Waals surface area contributed by atoms with Gasteiger partial charge in [0, 0.05) is 17.5 Å². The van der Waals surface area contributed by atoms with Crippen LogP contribution in [0.1, 0.15) is 57.1 Å². The fourth-order valence-corrected chi connectivity index (χ4v) is 7.54. The van der Waals surface area contributed by atoms with Gasteiger partial charge in [0.05, 0.1) is 24.2 Å². The maximum absolute atomic E-state index is 13.0. The third kappa shape index (κ3) is 4.16. The van der Waals surface area contributed by atoms with Crippen molar-refractivity contribution in [3.8, 4) is 0 Å². The summed E-state index contributed by atoms with van der Waals surface area (Å²) in [4.78, 5) is 28.4. The van der Waals surface area contributed by atoms with Crippen molar-refractivity contribution in [3.63, 3.8) is 0 Å². The molecule has 2 heterocycles. The van der Waals surface area contributed by atoms with Crippen LogP contribution in [0.3, 0.4) is 0 Å². The first-order valence-corrected chi connectivity index (χ1v) is 12.8. The fourth-order valence-electron chi connectivity index (χ4n) is 7.54. The van der Waals surface area contributed by atoms with Crippen LogP contribution >= 0.6 is 0 Å². The molecule has 1 aromatic heterocycles. The van der Waals surface area contributed by atoms with Crippen molar-refractivity contribution in [1.82, 2.24) is 25.3 Å². The van der Waals surface area contributed by atoms with Crippen molar-refractivity contribution in [1.29, 1.82) is 0 Å². The second kappa shape index (κ2) is 8.42. The number of hydrogen-bond acceptors (Lipinski definition) is 4. The van der Waals surface area contributed by atoms with Gasteiger partial charge in [-0.15, -0.1) is 0 Å². The lowest BCUT2D eigenvalue weighted by Crippen LogP contribution is -2.61. The molecule has 33 heavy (non-hydrogen) atoms. The summed E-state index contributed by atoms with van der Waals surface area (Å²) in [6, 6.07) is 7.52. The van der Waals surface area contributed by atoms with Crippen LogP contribution in [0.25, 0.3) is 10.8 Å². The van der Waals surface area contributed by atoms with Crippen molar-refractivity contribution >= 4 is 16.8 Å². The van der Waals surface area contributed by atoms with E-state index >= 15 is 0 Å². The number of rotatable bonds is 6. The molecule has 1 aromatic carbocycles. The SMILES string of the molecule is O=C(NCc1nn(CCN2CCCC2)c(=O)c2ccccc12)NC12CC3CC(CC(C3)C1)C2. The first-order valence-electron chi connectivity index (χ1n) is 12.8. The van der Waals surface area contributed by atoms with E-state index in [-0.39, 0.29) is 17.1 Å². The second-order valence-corrected chi connectivity index (χ2v) is 11.1. The second-order valence-electron chi connectivity index (χ2n) is 11.1. The van der Waals surface area contributed by atoms with Crippen molar-refractivity contribution in [2.45, 2.75) is 70.0 Å². The number of fused-ring (bicyclic) bond motifs is 1. The minimum atomic E-state index is -0.0994. The summed E-state index contributed by atoms with van der Waals surface area (Å²) in [7, 11) is 0. The predicted molar refractivity (Wildman–Crippen MR) is 128 cm³/mol. The van der Waals surface area contributed by atoms with Crippen LogP contribution in [0.4, 0.5) is 4.79 Å². The number of carbonyl (C=O) groups is 1. The minimum absolute atomic E-state index is 0.0111. The van der Waals surface area contributed by atoms with Gasteiger partial charge < -0.3 is 15.5 Å². The Morgan fingerprint density at radius 2 is 1.61 bits per heavy atom. The number of benzene rings is 1. The summed E-state index contributed by atoms with van der Waals surface area (Å²) in [6.45, 7) is 3.94. The monoisotopic (exact) mass is 449 g/mol. The normalized spacial score (nSPS) is 30.7. The summed E-state index contributed by atoms with van der Waals surface area (Å²) < 4.78 is 1.59. The molecule has 0 unspecified atom stereocenters. The molecule has 2 aromatic rings. The molecular weight excluding hydrogens is 414 g/mol. The molecule has 4 aliphatic carbocycles. The maximum atomic E-state index is 13.0. The highest BCUT2D eigenvalue weighted by atomic mass is 16.2. The van der Waals surface area contributed by atoms with E-state index in [4.69, 9.17) is 5.10 Å². The Morgan fingerprint density at radius 3 is 2.27 bits per heavy atom. The van der Waals surface area contributed by atoms with E-state index in [1.54, 1.807) is 4.68 Å². The van der Waals surface area contributed by atoms with Gasteiger partial charge in [-0.3, -0.25) is 4.79 Å². The molecule has 5 aliphatic rings. The number of carbonyl (C=O) groups excluding carboxylic acids is 1. The molecule has 7 heteroatoms. The van der Waals surface area contributed by atoms with Gasteiger partial charge in [0.15, 0.2) is 0 Å². The van der Waals surface area contributed by atoms with E-state index in [0.717, 1.165) is 67.7 Å². The summed E-state index contributed by atoms with van der Waals surface area (Å²) in [6.07, 6.45) is 9.94. The first-order chi connectivity index (χ1) is 16.1. The van der Waals surface area contributed by atoms with Crippen LogP contribution < -0.4 is 16.2 Å². The Balaban J connectivity index is 1.17. The lowest BCUT2D eigenvalue weighted by atomic mass is 9.53. The van der Waals surface area contributed by atoms with Gasteiger partial charge in [-0.05, 0) is 88.3 Å². The van der Waals surface area contributed by atoms with Crippen LogP contribution in [0.15, 0.2) is 29.1 Å². The largest absolute Gasteiger partial charge is 0.333 e. The maximum Gasteiger partial charge on any atom is 0.315 e. The summed E-state index contributed by atoms with van der Waals surface area (Å²) in [5.41, 5.74) is 0.696. The molecule has 7 rings (SSSR count). The molecule has 176 valence electrons. The molecule has 0 spiro atoms. The Labute approximate surface area is 194 Å². The highest BCUT2D eigenvalue weighted by molar-refractivity contribution is 5.84. The number of amides is 2. The smallest absolute Gasteiger partial charge is 0.315 e. The average Bonchev–Trinajstić information content (AvgIpc) is 3.30. The van der Waals surface area contributed by atoms with Crippen molar-refractivity contribution < 1.29 is 4.79 Å². The zero-order valence-electron chi connectivity index (χ0n) is 19.4.